The van der Waals surface area contributed by atoms with Gasteiger partial charge in [0.15, 0.2) is 11.6 Å². The molecule has 0 spiro atoms. The van der Waals surface area contributed by atoms with E-state index >= 15 is 0 Å². The third kappa shape index (κ3) is 4.48. The number of anilines is 1. The number of morpholine rings is 1. The van der Waals surface area contributed by atoms with Crippen LogP contribution in [0.15, 0.2) is 47.1 Å². The minimum absolute atomic E-state index is 0.193. The van der Waals surface area contributed by atoms with E-state index in [4.69, 9.17) is 19.1 Å². The van der Waals surface area contributed by atoms with Gasteiger partial charge < -0.3 is 19.0 Å². The number of nitrogens with zero attached hydrogens (tertiary/aromatic N) is 4. The molecule has 7 heteroatoms. The lowest BCUT2D eigenvalue weighted by Crippen LogP contribution is -2.44. The van der Waals surface area contributed by atoms with E-state index in [2.05, 4.69) is 11.0 Å². The van der Waals surface area contributed by atoms with Gasteiger partial charge in [0.05, 0.1) is 25.0 Å². The maximum Gasteiger partial charge on any atom is 0.224 e. The first-order valence-electron chi connectivity index (χ1n) is 11.7. The summed E-state index contributed by atoms with van der Waals surface area (Å²) in [6, 6.07) is 12.2. The fraction of sp³-hybridized carbons (Fsp3) is 0.480. The molecule has 32 heavy (non-hydrogen) atoms. The molecule has 1 aliphatic carbocycles. The van der Waals surface area contributed by atoms with Crippen molar-refractivity contribution in [2.24, 2.45) is 0 Å². The Morgan fingerprint density at radius 1 is 1.03 bits per heavy atom. The normalized spacial score (nSPS) is 17.6. The van der Waals surface area contributed by atoms with Crippen LogP contribution in [0.3, 0.4) is 0 Å². The number of benzene rings is 1. The summed E-state index contributed by atoms with van der Waals surface area (Å²) in [6.45, 7) is 3.27. The van der Waals surface area contributed by atoms with Crippen LogP contribution in [0.2, 0.25) is 0 Å². The first-order chi connectivity index (χ1) is 15.8. The lowest BCUT2D eigenvalue weighted by molar-refractivity contribution is -0.135. The van der Waals surface area contributed by atoms with Crippen molar-refractivity contribution in [2.75, 3.05) is 37.7 Å². The highest BCUT2D eigenvalue weighted by molar-refractivity contribution is 5.91. The summed E-state index contributed by atoms with van der Waals surface area (Å²) in [7, 11) is 0. The zero-order chi connectivity index (χ0) is 21.8. The van der Waals surface area contributed by atoms with Gasteiger partial charge in [0.25, 0.3) is 0 Å². The Labute approximate surface area is 188 Å². The summed E-state index contributed by atoms with van der Waals surface area (Å²) in [5, 5.41) is 1.02. The second-order valence-electron chi connectivity index (χ2n) is 8.59. The number of hydrogen-bond acceptors (Lipinski definition) is 6. The van der Waals surface area contributed by atoms with Gasteiger partial charge >= 0.3 is 0 Å². The van der Waals surface area contributed by atoms with Crippen LogP contribution in [-0.4, -0.2) is 59.7 Å². The van der Waals surface area contributed by atoms with Crippen LogP contribution >= 0.6 is 0 Å². The Bertz CT molecular complexity index is 1040. The lowest BCUT2D eigenvalue weighted by atomic mass is 9.93. The number of ether oxygens (including phenoxy) is 1. The van der Waals surface area contributed by atoms with Crippen LogP contribution in [0.5, 0.6) is 0 Å². The number of fused-ring (bicyclic) bond motifs is 1. The molecule has 168 valence electrons. The van der Waals surface area contributed by atoms with Crippen LogP contribution < -0.4 is 4.90 Å². The SMILES string of the molecule is O=C(CCN(c1nc(-c2ccco2)nc2ccccc12)C1CCCCC1)N1CCOCC1. The first-order valence-corrected chi connectivity index (χ1v) is 11.7. The highest BCUT2D eigenvalue weighted by Gasteiger charge is 2.27. The van der Waals surface area contributed by atoms with E-state index in [1.54, 1.807) is 6.26 Å². The van der Waals surface area contributed by atoms with E-state index in [9.17, 15) is 4.79 Å². The molecule has 1 saturated heterocycles. The number of amides is 1. The van der Waals surface area contributed by atoms with Crippen molar-refractivity contribution in [3.63, 3.8) is 0 Å². The summed E-state index contributed by atoms with van der Waals surface area (Å²) in [5.41, 5.74) is 0.893. The lowest BCUT2D eigenvalue weighted by Gasteiger charge is -2.36. The average Bonchev–Trinajstić information content (AvgIpc) is 3.40. The third-order valence-electron chi connectivity index (χ3n) is 6.54. The van der Waals surface area contributed by atoms with E-state index < -0.39 is 0 Å². The van der Waals surface area contributed by atoms with Gasteiger partial charge in [-0.05, 0) is 37.1 Å². The molecule has 3 aromatic rings. The molecule has 2 aromatic heterocycles. The number of para-hydroxylation sites is 1. The molecule has 0 radical (unpaired) electrons. The third-order valence-corrected chi connectivity index (χ3v) is 6.54. The smallest absolute Gasteiger partial charge is 0.224 e. The molecule has 0 atom stereocenters. The highest BCUT2D eigenvalue weighted by atomic mass is 16.5. The number of furan rings is 1. The average molecular weight is 435 g/mol. The van der Waals surface area contributed by atoms with Crippen LogP contribution in [-0.2, 0) is 9.53 Å². The number of carbonyl (C=O) groups is 1. The second kappa shape index (κ2) is 9.69. The Morgan fingerprint density at radius 3 is 2.62 bits per heavy atom. The fourth-order valence-electron chi connectivity index (χ4n) is 4.84. The Kier molecular flexibility index (Phi) is 6.34. The maximum atomic E-state index is 12.9. The largest absolute Gasteiger partial charge is 0.461 e. The number of carbonyl (C=O) groups excluding carboxylic acids is 1. The van der Waals surface area contributed by atoms with Crippen molar-refractivity contribution in [1.29, 1.82) is 0 Å². The summed E-state index contributed by atoms with van der Waals surface area (Å²) in [4.78, 5) is 27.0. The van der Waals surface area contributed by atoms with Crippen LogP contribution in [0.4, 0.5) is 5.82 Å². The summed E-state index contributed by atoms with van der Waals surface area (Å²) >= 11 is 0. The molecule has 0 bridgehead atoms. The molecule has 3 heterocycles. The molecular formula is C25H30N4O3. The van der Waals surface area contributed by atoms with E-state index in [0.717, 1.165) is 29.6 Å². The van der Waals surface area contributed by atoms with Gasteiger partial charge in [-0.15, -0.1) is 0 Å². The standard InChI is InChI=1S/C25H30N4O3/c30-23(28-14-17-31-18-15-28)12-13-29(19-7-2-1-3-8-19)25-20-9-4-5-10-21(20)26-24(27-25)22-11-6-16-32-22/h4-6,9-11,16,19H,1-3,7-8,12-15,17-18H2. The van der Waals surface area contributed by atoms with Crippen LogP contribution in [0, 0.1) is 0 Å². The van der Waals surface area contributed by atoms with Crippen LogP contribution in [0.25, 0.3) is 22.5 Å². The molecule has 1 aromatic carbocycles. The van der Waals surface area contributed by atoms with Crippen molar-refractivity contribution in [2.45, 2.75) is 44.6 Å². The Morgan fingerprint density at radius 2 is 1.84 bits per heavy atom. The quantitative estimate of drug-likeness (QED) is 0.577. The number of rotatable bonds is 6. The molecule has 1 aliphatic heterocycles. The van der Waals surface area contributed by atoms with Gasteiger partial charge in [-0.3, -0.25) is 4.79 Å². The fourth-order valence-corrected chi connectivity index (χ4v) is 4.84. The van der Waals surface area contributed by atoms with Crippen molar-refractivity contribution in [3.8, 4) is 11.6 Å². The minimum atomic E-state index is 0.193. The Hall–Kier alpha value is -2.93. The predicted molar refractivity (Wildman–Crippen MR) is 123 cm³/mol. The van der Waals surface area contributed by atoms with Gasteiger partial charge in [-0.1, -0.05) is 31.4 Å². The van der Waals surface area contributed by atoms with E-state index in [0.29, 0.717) is 56.9 Å². The van der Waals surface area contributed by atoms with Gasteiger partial charge in [0.1, 0.15) is 5.82 Å². The van der Waals surface area contributed by atoms with Crippen molar-refractivity contribution in [1.82, 2.24) is 14.9 Å². The molecule has 0 N–H and O–H groups in total. The van der Waals surface area contributed by atoms with E-state index in [1.807, 2.05) is 35.2 Å². The van der Waals surface area contributed by atoms with Gasteiger partial charge in [-0.2, -0.15) is 0 Å². The Balaban J connectivity index is 1.49. The molecule has 5 rings (SSSR count). The number of hydrogen-bond donors (Lipinski definition) is 0. The molecule has 1 saturated carbocycles. The molecule has 1 amide bonds. The topological polar surface area (TPSA) is 71.7 Å². The monoisotopic (exact) mass is 434 g/mol. The predicted octanol–water partition coefficient (Wildman–Crippen LogP) is 4.28. The zero-order valence-electron chi connectivity index (χ0n) is 18.4. The van der Waals surface area contributed by atoms with Crippen molar-refractivity contribution >= 4 is 22.6 Å². The van der Waals surface area contributed by atoms with Crippen LogP contribution in [0.1, 0.15) is 38.5 Å². The molecule has 7 nitrogen and oxygen atoms in total. The van der Waals surface area contributed by atoms with Crippen molar-refractivity contribution in [3.05, 3.63) is 42.7 Å². The first kappa shape index (κ1) is 20.9. The van der Waals surface area contributed by atoms with Gasteiger partial charge in [0, 0.05) is 37.5 Å². The van der Waals surface area contributed by atoms with E-state index in [1.165, 1.54) is 19.3 Å². The van der Waals surface area contributed by atoms with Gasteiger partial charge in [-0.25, -0.2) is 9.97 Å². The number of aromatic nitrogens is 2. The highest BCUT2D eigenvalue weighted by Crippen LogP contribution is 2.33. The minimum Gasteiger partial charge on any atom is -0.461 e. The summed E-state index contributed by atoms with van der Waals surface area (Å²) in [6.07, 6.45) is 8.08. The van der Waals surface area contributed by atoms with Crippen molar-refractivity contribution < 1.29 is 13.9 Å². The molecule has 0 unspecified atom stereocenters. The second-order valence-corrected chi connectivity index (χ2v) is 8.59. The maximum absolute atomic E-state index is 12.9. The molecule has 2 fully saturated rings. The molecular weight excluding hydrogens is 404 g/mol. The zero-order valence-corrected chi connectivity index (χ0v) is 18.4. The summed E-state index contributed by atoms with van der Waals surface area (Å²) in [5.74, 6) is 2.34. The molecule has 2 aliphatic rings. The van der Waals surface area contributed by atoms with E-state index in [-0.39, 0.29) is 5.91 Å². The summed E-state index contributed by atoms with van der Waals surface area (Å²) < 4.78 is 11.0. The van der Waals surface area contributed by atoms with Gasteiger partial charge in [0.2, 0.25) is 5.91 Å².